The molecule has 2 N–H and O–H groups in total. The molecule has 2 rings (SSSR count). The van der Waals surface area contributed by atoms with Gasteiger partial charge in [-0.3, -0.25) is 9.48 Å². The van der Waals surface area contributed by atoms with Crippen LogP contribution in [0.2, 0.25) is 0 Å². The third-order valence-corrected chi connectivity index (χ3v) is 3.20. The van der Waals surface area contributed by atoms with Crippen molar-refractivity contribution in [3.05, 3.63) is 46.1 Å². The van der Waals surface area contributed by atoms with Crippen molar-refractivity contribution in [2.24, 2.45) is 0 Å². The monoisotopic (exact) mass is 260 g/mol. The fraction of sp³-hybridized carbons (Fsp3) is 0.429. The number of anilines is 1. The second kappa shape index (κ2) is 5.73. The van der Waals surface area contributed by atoms with Crippen LogP contribution in [0.1, 0.15) is 25.2 Å². The average Bonchev–Trinajstić information content (AvgIpc) is 2.82. The molecular weight excluding hydrogens is 240 g/mol. The predicted molar refractivity (Wildman–Crippen MR) is 76.1 cm³/mol. The molecule has 0 fully saturated rings. The van der Waals surface area contributed by atoms with Crippen molar-refractivity contribution in [1.82, 2.24) is 14.3 Å². The molecule has 0 radical (unpaired) electrons. The van der Waals surface area contributed by atoms with Crippen LogP contribution in [0.3, 0.4) is 0 Å². The normalized spacial score (nSPS) is 10.8. The maximum absolute atomic E-state index is 11.7. The molecule has 0 unspecified atom stereocenters. The third-order valence-electron chi connectivity index (χ3n) is 3.20. The molecule has 0 aliphatic heterocycles. The van der Waals surface area contributed by atoms with Crippen LogP contribution in [-0.4, -0.2) is 14.3 Å². The number of nitrogens with two attached hydrogens (primary N) is 1. The number of pyridine rings is 1. The van der Waals surface area contributed by atoms with Gasteiger partial charge in [-0.25, -0.2) is 0 Å². The molecule has 0 bridgehead atoms. The van der Waals surface area contributed by atoms with Crippen molar-refractivity contribution in [1.29, 1.82) is 0 Å². The summed E-state index contributed by atoms with van der Waals surface area (Å²) in [5, 5.41) is 4.54. The Labute approximate surface area is 112 Å². The fourth-order valence-corrected chi connectivity index (χ4v) is 2.09. The summed E-state index contributed by atoms with van der Waals surface area (Å²) >= 11 is 0. The number of rotatable bonds is 5. The number of aromatic nitrogens is 3. The smallest absolute Gasteiger partial charge is 0.250 e. The second-order valence-corrected chi connectivity index (χ2v) is 4.55. The van der Waals surface area contributed by atoms with E-state index in [0.29, 0.717) is 18.8 Å². The van der Waals surface area contributed by atoms with Crippen LogP contribution in [0, 0.1) is 0 Å². The molecule has 0 spiro atoms. The van der Waals surface area contributed by atoms with E-state index >= 15 is 0 Å². The molecular formula is C14H20N4O. The molecule has 0 saturated heterocycles. The van der Waals surface area contributed by atoms with E-state index in [0.717, 1.165) is 18.5 Å². The van der Waals surface area contributed by atoms with E-state index in [1.165, 1.54) is 11.8 Å². The van der Waals surface area contributed by atoms with Gasteiger partial charge in [0.2, 0.25) is 0 Å². The first kappa shape index (κ1) is 13.4. The first-order chi connectivity index (χ1) is 9.13. The second-order valence-electron chi connectivity index (χ2n) is 4.55. The van der Waals surface area contributed by atoms with Gasteiger partial charge in [-0.05, 0) is 25.0 Å². The highest BCUT2D eigenvalue weighted by atomic mass is 16.1. The zero-order valence-corrected chi connectivity index (χ0v) is 11.5. The van der Waals surface area contributed by atoms with Gasteiger partial charge in [0.05, 0.1) is 12.2 Å². The lowest BCUT2D eigenvalue weighted by atomic mass is 10.2. The summed E-state index contributed by atoms with van der Waals surface area (Å²) < 4.78 is 3.61. The zero-order valence-electron chi connectivity index (χ0n) is 11.5. The van der Waals surface area contributed by atoms with Crippen LogP contribution in [0.25, 0.3) is 0 Å². The zero-order chi connectivity index (χ0) is 13.8. The summed E-state index contributed by atoms with van der Waals surface area (Å²) in [5.74, 6) is 0. The molecule has 0 aromatic carbocycles. The van der Waals surface area contributed by atoms with Crippen LogP contribution < -0.4 is 11.3 Å². The van der Waals surface area contributed by atoms with Gasteiger partial charge in [0.15, 0.2) is 0 Å². The Kier molecular flexibility index (Phi) is 4.04. The van der Waals surface area contributed by atoms with E-state index < -0.39 is 0 Å². The molecule has 0 aliphatic carbocycles. The summed E-state index contributed by atoms with van der Waals surface area (Å²) in [7, 11) is 0. The Morgan fingerprint density at radius 1 is 1.21 bits per heavy atom. The standard InChI is InChI=1S/C14H20N4O/c1-3-12-9-13(4-2)18(16-12)8-7-17-10-11(15)5-6-14(17)19/h5-6,9-10H,3-4,7-8,15H2,1-2H3. The lowest BCUT2D eigenvalue weighted by Crippen LogP contribution is -2.22. The van der Waals surface area contributed by atoms with Gasteiger partial charge in [-0.2, -0.15) is 5.10 Å². The van der Waals surface area contributed by atoms with E-state index in [-0.39, 0.29) is 5.56 Å². The molecule has 102 valence electrons. The Hall–Kier alpha value is -2.04. The predicted octanol–water partition coefficient (Wildman–Crippen LogP) is 1.45. The molecule has 0 aliphatic rings. The van der Waals surface area contributed by atoms with Gasteiger partial charge in [-0.1, -0.05) is 13.8 Å². The molecule has 2 aromatic rings. The maximum Gasteiger partial charge on any atom is 0.250 e. The van der Waals surface area contributed by atoms with Gasteiger partial charge in [-0.15, -0.1) is 0 Å². The lowest BCUT2D eigenvalue weighted by molar-refractivity contribution is 0.506. The van der Waals surface area contributed by atoms with Crippen molar-refractivity contribution in [3.8, 4) is 0 Å². The van der Waals surface area contributed by atoms with Crippen LogP contribution in [0.4, 0.5) is 5.69 Å². The number of aryl methyl sites for hydroxylation is 4. The quantitative estimate of drug-likeness (QED) is 0.885. The minimum atomic E-state index is -0.0323. The number of nitrogen functional groups attached to an aromatic ring is 1. The van der Waals surface area contributed by atoms with E-state index in [2.05, 4.69) is 25.0 Å². The van der Waals surface area contributed by atoms with E-state index in [1.54, 1.807) is 16.8 Å². The van der Waals surface area contributed by atoms with E-state index in [1.807, 2.05) is 4.68 Å². The number of hydrogen-bond donors (Lipinski definition) is 1. The minimum absolute atomic E-state index is 0.0323. The first-order valence-corrected chi connectivity index (χ1v) is 6.65. The van der Waals surface area contributed by atoms with E-state index in [9.17, 15) is 4.79 Å². The highest BCUT2D eigenvalue weighted by Gasteiger charge is 2.05. The average molecular weight is 260 g/mol. The molecule has 0 saturated carbocycles. The van der Waals surface area contributed by atoms with Gasteiger partial charge in [0, 0.05) is 30.2 Å². The van der Waals surface area contributed by atoms with Gasteiger partial charge < -0.3 is 10.3 Å². The van der Waals surface area contributed by atoms with E-state index in [4.69, 9.17) is 5.73 Å². The minimum Gasteiger partial charge on any atom is -0.398 e. The molecule has 5 heteroatoms. The Morgan fingerprint density at radius 3 is 2.68 bits per heavy atom. The Morgan fingerprint density at radius 2 is 2.00 bits per heavy atom. The van der Waals surface area contributed by atoms with Gasteiger partial charge >= 0.3 is 0 Å². The maximum atomic E-state index is 11.7. The molecule has 0 atom stereocenters. The van der Waals surface area contributed by atoms with Crippen molar-refractivity contribution in [3.63, 3.8) is 0 Å². The molecule has 0 amide bonds. The summed E-state index contributed by atoms with van der Waals surface area (Å²) in [5.41, 5.74) is 8.56. The topological polar surface area (TPSA) is 65.8 Å². The van der Waals surface area contributed by atoms with Crippen molar-refractivity contribution >= 4 is 5.69 Å². The lowest BCUT2D eigenvalue weighted by Gasteiger charge is -2.08. The summed E-state index contributed by atoms with van der Waals surface area (Å²) in [4.78, 5) is 11.7. The third kappa shape index (κ3) is 3.05. The molecule has 2 aromatic heterocycles. The van der Waals surface area contributed by atoms with Crippen LogP contribution >= 0.6 is 0 Å². The number of hydrogen-bond acceptors (Lipinski definition) is 3. The first-order valence-electron chi connectivity index (χ1n) is 6.65. The highest BCUT2D eigenvalue weighted by Crippen LogP contribution is 2.07. The Balaban J connectivity index is 2.16. The van der Waals surface area contributed by atoms with Crippen LogP contribution in [0.5, 0.6) is 0 Å². The largest absolute Gasteiger partial charge is 0.398 e. The van der Waals surface area contributed by atoms with Crippen molar-refractivity contribution < 1.29 is 0 Å². The molecule has 2 heterocycles. The van der Waals surface area contributed by atoms with Crippen LogP contribution in [0.15, 0.2) is 29.2 Å². The summed E-state index contributed by atoms with van der Waals surface area (Å²) in [6, 6.07) is 5.25. The van der Waals surface area contributed by atoms with Crippen molar-refractivity contribution in [2.45, 2.75) is 39.8 Å². The highest BCUT2D eigenvalue weighted by molar-refractivity contribution is 5.33. The summed E-state index contributed by atoms with van der Waals surface area (Å²) in [6.45, 7) is 5.47. The fourth-order valence-electron chi connectivity index (χ4n) is 2.09. The Bertz CT molecular complexity index is 612. The van der Waals surface area contributed by atoms with Crippen LogP contribution in [-0.2, 0) is 25.9 Å². The van der Waals surface area contributed by atoms with Gasteiger partial charge in [0.1, 0.15) is 0 Å². The SMILES string of the molecule is CCc1cc(CC)n(CCn2cc(N)ccc2=O)n1. The van der Waals surface area contributed by atoms with Gasteiger partial charge in [0.25, 0.3) is 5.56 Å². The summed E-state index contributed by atoms with van der Waals surface area (Å²) in [6.07, 6.45) is 3.55. The van der Waals surface area contributed by atoms with Crippen molar-refractivity contribution in [2.75, 3.05) is 5.73 Å². The molecule has 19 heavy (non-hydrogen) atoms. The molecule has 5 nitrogen and oxygen atoms in total. The number of nitrogens with zero attached hydrogens (tertiary/aromatic N) is 3.